The first-order valence-electron chi connectivity index (χ1n) is 9.62. The maximum absolute atomic E-state index is 11.9. The molecule has 0 unspecified atom stereocenters. The zero-order valence-electron chi connectivity index (χ0n) is 15.8. The highest BCUT2D eigenvalue weighted by Crippen LogP contribution is 2.26. The first-order chi connectivity index (χ1) is 12.5. The summed E-state index contributed by atoms with van der Waals surface area (Å²) in [6.07, 6.45) is 5.95. The molecule has 0 radical (unpaired) electrons. The van der Waals surface area contributed by atoms with E-state index in [-0.39, 0.29) is 17.6 Å². The molecule has 1 saturated carbocycles. The molecule has 0 spiro atoms. The van der Waals surface area contributed by atoms with Gasteiger partial charge in [0.15, 0.2) is 0 Å². The summed E-state index contributed by atoms with van der Waals surface area (Å²) in [6, 6.07) is 10.9. The molecule has 1 aliphatic carbocycles. The van der Waals surface area contributed by atoms with E-state index in [1.54, 1.807) is 11.3 Å². The third-order valence-electron chi connectivity index (χ3n) is 5.19. The number of thiophene rings is 1. The quantitative estimate of drug-likeness (QED) is 0.491. The van der Waals surface area contributed by atoms with Gasteiger partial charge in [0.25, 0.3) is 0 Å². The topological polar surface area (TPSA) is 38.3 Å². The van der Waals surface area contributed by atoms with Gasteiger partial charge in [-0.3, -0.25) is 4.79 Å². The second-order valence-corrected chi connectivity index (χ2v) is 8.42. The van der Waals surface area contributed by atoms with Crippen LogP contribution in [0.25, 0.3) is 11.1 Å². The number of carbonyl (C=O) groups excluding carboxylic acids is 1. The van der Waals surface area contributed by atoms with Gasteiger partial charge in [0.05, 0.1) is 0 Å². The van der Waals surface area contributed by atoms with Gasteiger partial charge in [0, 0.05) is 12.0 Å². The summed E-state index contributed by atoms with van der Waals surface area (Å²) in [7, 11) is 0. The van der Waals surface area contributed by atoms with Crippen LogP contribution in [0.15, 0.2) is 41.1 Å². The van der Waals surface area contributed by atoms with Gasteiger partial charge in [-0.05, 0) is 86.0 Å². The van der Waals surface area contributed by atoms with Gasteiger partial charge < -0.3 is 10.1 Å². The van der Waals surface area contributed by atoms with E-state index in [0.29, 0.717) is 6.42 Å². The highest BCUT2D eigenvalue weighted by atomic mass is 32.1. The first kappa shape index (κ1) is 19.1. The summed E-state index contributed by atoms with van der Waals surface area (Å²) in [5, 5.41) is 7.85. The summed E-state index contributed by atoms with van der Waals surface area (Å²) >= 11 is 1.72. The number of hydrogen-bond donors (Lipinski definition) is 1. The number of carbonyl (C=O) groups is 1. The van der Waals surface area contributed by atoms with Crippen molar-refractivity contribution >= 4 is 17.3 Å². The van der Waals surface area contributed by atoms with Gasteiger partial charge in [-0.1, -0.05) is 24.3 Å². The molecule has 4 heteroatoms. The Bertz CT molecular complexity index is 685. The van der Waals surface area contributed by atoms with Crippen molar-refractivity contribution < 1.29 is 9.53 Å². The van der Waals surface area contributed by atoms with E-state index in [1.807, 2.05) is 0 Å². The Morgan fingerprint density at radius 3 is 2.54 bits per heavy atom. The highest BCUT2D eigenvalue weighted by Gasteiger charge is 2.21. The van der Waals surface area contributed by atoms with Crippen LogP contribution in [0.3, 0.4) is 0 Å². The molecular weight excluding hydrogens is 342 g/mol. The number of ether oxygens (including phenoxy) is 1. The average molecular weight is 372 g/mol. The van der Waals surface area contributed by atoms with Crippen LogP contribution in [-0.4, -0.2) is 18.6 Å². The zero-order valence-corrected chi connectivity index (χ0v) is 16.6. The largest absolute Gasteiger partial charge is 0.462 e. The van der Waals surface area contributed by atoms with Gasteiger partial charge in [-0.25, -0.2) is 0 Å². The number of esters is 1. The minimum atomic E-state index is -0.122. The minimum Gasteiger partial charge on any atom is -0.462 e. The van der Waals surface area contributed by atoms with Crippen molar-refractivity contribution in [3.63, 3.8) is 0 Å². The Kier molecular flexibility index (Phi) is 6.49. The molecule has 26 heavy (non-hydrogen) atoms. The Morgan fingerprint density at radius 1 is 1.15 bits per heavy atom. The van der Waals surface area contributed by atoms with Gasteiger partial charge in [-0.15, -0.1) is 0 Å². The van der Waals surface area contributed by atoms with E-state index < -0.39 is 0 Å². The molecule has 0 amide bonds. The van der Waals surface area contributed by atoms with Crippen molar-refractivity contribution in [2.45, 2.75) is 64.0 Å². The second-order valence-electron chi connectivity index (χ2n) is 7.64. The van der Waals surface area contributed by atoms with E-state index in [1.165, 1.54) is 29.5 Å². The van der Waals surface area contributed by atoms with Gasteiger partial charge in [0.2, 0.25) is 0 Å². The van der Waals surface area contributed by atoms with Crippen molar-refractivity contribution in [3.8, 4) is 11.1 Å². The third kappa shape index (κ3) is 5.18. The Morgan fingerprint density at radius 2 is 1.88 bits per heavy atom. The predicted octanol–water partition coefficient (Wildman–Crippen LogP) is 5.51. The van der Waals surface area contributed by atoms with Crippen LogP contribution in [0.5, 0.6) is 0 Å². The molecule has 1 aliphatic rings. The maximum Gasteiger partial charge on any atom is 0.306 e. The van der Waals surface area contributed by atoms with Crippen LogP contribution in [0, 0.1) is 0 Å². The molecule has 0 atom stereocenters. The number of nitrogens with one attached hydrogen (secondary N) is 1. The van der Waals surface area contributed by atoms with Crippen LogP contribution < -0.4 is 5.32 Å². The number of benzene rings is 1. The Hall–Kier alpha value is -1.65. The van der Waals surface area contributed by atoms with Gasteiger partial charge in [0.1, 0.15) is 6.10 Å². The Labute approximate surface area is 160 Å². The Balaban J connectivity index is 1.43. The minimum absolute atomic E-state index is 0.0448. The molecule has 1 N–H and O–H groups in total. The SMILES string of the molecule is CC(C)(NCCCC(=O)OC1CCCC1)c1ccc(-c2ccsc2)cc1. The van der Waals surface area contributed by atoms with E-state index in [0.717, 1.165) is 25.8 Å². The lowest BCUT2D eigenvalue weighted by Crippen LogP contribution is -2.37. The number of hydrogen-bond acceptors (Lipinski definition) is 4. The molecule has 3 nitrogen and oxygen atoms in total. The highest BCUT2D eigenvalue weighted by molar-refractivity contribution is 7.08. The summed E-state index contributed by atoms with van der Waals surface area (Å²) in [5.74, 6) is -0.0448. The van der Waals surface area contributed by atoms with Crippen LogP contribution in [-0.2, 0) is 15.1 Å². The van der Waals surface area contributed by atoms with Crippen molar-refractivity contribution in [1.29, 1.82) is 0 Å². The van der Waals surface area contributed by atoms with Gasteiger partial charge >= 0.3 is 5.97 Å². The van der Waals surface area contributed by atoms with E-state index >= 15 is 0 Å². The standard InChI is InChI=1S/C22H29NO2S/c1-22(2,19-11-9-17(10-12-19)18-13-15-26-16-18)23-14-5-8-21(24)25-20-6-3-4-7-20/h9-13,15-16,20,23H,3-8,14H2,1-2H3. The molecular formula is C22H29NO2S. The van der Waals surface area contributed by atoms with Crippen molar-refractivity contribution in [2.24, 2.45) is 0 Å². The summed E-state index contributed by atoms with van der Waals surface area (Å²) in [5.41, 5.74) is 3.65. The normalized spacial score (nSPS) is 15.3. The van der Waals surface area contributed by atoms with E-state index in [2.05, 4.69) is 60.3 Å². The molecule has 1 aromatic carbocycles. The smallest absolute Gasteiger partial charge is 0.306 e. The molecule has 1 heterocycles. The lowest BCUT2D eigenvalue weighted by Gasteiger charge is -2.27. The molecule has 140 valence electrons. The zero-order chi connectivity index (χ0) is 18.4. The molecule has 0 bridgehead atoms. The van der Waals surface area contributed by atoms with E-state index in [9.17, 15) is 4.79 Å². The second kappa shape index (κ2) is 8.83. The molecule has 2 aromatic rings. The third-order valence-corrected chi connectivity index (χ3v) is 5.87. The lowest BCUT2D eigenvalue weighted by atomic mass is 9.92. The summed E-state index contributed by atoms with van der Waals surface area (Å²) in [6.45, 7) is 5.17. The lowest BCUT2D eigenvalue weighted by molar-refractivity contribution is -0.148. The monoisotopic (exact) mass is 371 g/mol. The first-order valence-corrected chi connectivity index (χ1v) is 10.6. The van der Waals surface area contributed by atoms with Crippen molar-refractivity contribution in [3.05, 3.63) is 46.7 Å². The molecule has 3 rings (SSSR count). The van der Waals surface area contributed by atoms with Gasteiger partial charge in [-0.2, -0.15) is 11.3 Å². The number of rotatable bonds is 8. The van der Waals surface area contributed by atoms with Crippen LogP contribution in [0.2, 0.25) is 0 Å². The predicted molar refractivity (Wildman–Crippen MR) is 108 cm³/mol. The van der Waals surface area contributed by atoms with Crippen LogP contribution in [0.1, 0.15) is 57.9 Å². The fourth-order valence-electron chi connectivity index (χ4n) is 3.49. The van der Waals surface area contributed by atoms with E-state index in [4.69, 9.17) is 4.74 Å². The van der Waals surface area contributed by atoms with Crippen molar-refractivity contribution in [2.75, 3.05) is 6.54 Å². The van der Waals surface area contributed by atoms with Crippen molar-refractivity contribution in [1.82, 2.24) is 5.32 Å². The molecule has 1 fully saturated rings. The average Bonchev–Trinajstić information content (AvgIpc) is 3.33. The fourth-order valence-corrected chi connectivity index (χ4v) is 4.16. The summed E-state index contributed by atoms with van der Waals surface area (Å²) in [4.78, 5) is 11.9. The maximum atomic E-state index is 11.9. The molecule has 1 aromatic heterocycles. The van der Waals surface area contributed by atoms with Crippen LogP contribution >= 0.6 is 11.3 Å². The fraction of sp³-hybridized carbons (Fsp3) is 0.500. The molecule has 0 aliphatic heterocycles. The molecule has 0 saturated heterocycles. The summed E-state index contributed by atoms with van der Waals surface area (Å²) < 4.78 is 5.51. The van der Waals surface area contributed by atoms with Crippen LogP contribution in [0.4, 0.5) is 0 Å².